The van der Waals surface area contributed by atoms with Gasteiger partial charge in [0.25, 0.3) is 0 Å². The summed E-state index contributed by atoms with van der Waals surface area (Å²) in [7, 11) is 1.59. The maximum absolute atomic E-state index is 9.75. The predicted octanol–water partition coefficient (Wildman–Crippen LogP) is 5.87. The maximum Gasteiger partial charge on any atom is 0.168 e. The van der Waals surface area contributed by atoms with Crippen LogP contribution >= 0.6 is 11.6 Å². The Kier molecular flexibility index (Phi) is 5.69. The lowest BCUT2D eigenvalue weighted by molar-refractivity contribution is 0.284. The molecule has 5 nitrogen and oxygen atoms in total. The third-order valence-electron chi connectivity index (χ3n) is 4.59. The van der Waals surface area contributed by atoms with E-state index in [9.17, 15) is 5.26 Å². The van der Waals surface area contributed by atoms with Crippen molar-refractivity contribution in [2.45, 2.75) is 6.61 Å². The molecule has 0 aliphatic carbocycles. The Hall–Kier alpha value is -3.75. The summed E-state index contributed by atoms with van der Waals surface area (Å²) in [6.07, 6.45) is 1.75. The average Bonchev–Trinajstić information content (AvgIpc) is 3.21. The summed E-state index contributed by atoms with van der Waals surface area (Å²) >= 11 is 5.95. The highest BCUT2D eigenvalue weighted by Crippen LogP contribution is 2.34. The van der Waals surface area contributed by atoms with Gasteiger partial charge in [-0.2, -0.15) is 5.26 Å². The molecule has 0 saturated heterocycles. The van der Waals surface area contributed by atoms with Crippen LogP contribution in [0, 0.1) is 11.3 Å². The number of aromatic nitrogens is 2. The van der Waals surface area contributed by atoms with Gasteiger partial charge < -0.3 is 14.5 Å². The quantitative estimate of drug-likeness (QED) is 0.400. The number of imidazole rings is 1. The summed E-state index contributed by atoms with van der Waals surface area (Å²) in [5, 5.41) is 10.4. The van der Waals surface area contributed by atoms with Crippen LogP contribution in [0.15, 0.2) is 66.7 Å². The summed E-state index contributed by atoms with van der Waals surface area (Å²) in [6, 6.07) is 22.9. The van der Waals surface area contributed by atoms with Crippen molar-refractivity contribution in [3.8, 4) is 17.6 Å². The molecule has 6 heteroatoms. The van der Waals surface area contributed by atoms with Crippen molar-refractivity contribution in [2.75, 3.05) is 7.11 Å². The molecule has 4 rings (SSSR count). The Morgan fingerprint density at radius 1 is 1.10 bits per heavy atom. The molecule has 0 radical (unpaired) electrons. The Morgan fingerprint density at radius 3 is 2.63 bits per heavy atom. The second-order valence-corrected chi connectivity index (χ2v) is 7.00. The van der Waals surface area contributed by atoms with Gasteiger partial charge in [-0.05, 0) is 42.0 Å². The second-order valence-electron chi connectivity index (χ2n) is 6.57. The topological polar surface area (TPSA) is 70.9 Å². The van der Waals surface area contributed by atoms with Crippen molar-refractivity contribution in [2.24, 2.45) is 0 Å². The van der Waals surface area contributed by atoms with Gasteiger partial charge in [-0.25, -0.2) is 4.98 Å². The summed E-state index contributed by atoms with van der Waals surface area (Å²) in [6.45, 7) is 0.338. The van der Waals surface area contributed by atoms with Crippen LogP contribution in [0.1, 0.15) is 17.0 Å². The summed E-state index contributed by atoms with van der Waals surface area (Å²) < 4.78 is 11.6. The number of H-pyrrole nitrogens is 1. The molecule has 1 aromatic heterocycles. The largest absolute Gasteiger partial charge is 0.493 e. The SMILES string of the molecule is COc1cccc(C=C(C#N)c2nc3ccccc3[nH]2)c1OCc1ccc(Cl)cc1. The van der Waals surface area contributed by atoms with Crippen molar-refractivity contribution in [1.82, 2.24) is 9.97 Å². The number of nitrogens with zero attached hydrogens (tertiary/aromatic N) is 2. The van der Waals surface area contributed by atoms with E-state index in [2.05, 4.69) is 16.0 Å². The highest BCUT2D eigenvalue weighted by molar-refractivity contribution is 6.30. The van der Waals surface area contributed by atoms with Crippen LogP contribution < -0.4 is 9.47 Å². The van der Waals surface area contributed by atoms with E-state index >= 15 is 0 Å². The van der Waals surface area contributed by atoms with Crippen LogP contribution in [0.25, 0.3) is 22.7 Å². The third-order valence-corrected chi connectivity index (χ3v) is 4.84. The van der Waals surface area contributed by atoms with Gasteiger partial charge in [-0.3, -0.25) is 0 Å². The van der Waals surface area contributed by atoms with Gasteiger partial charge in [-0.1, -0.05) is 48.0 Å². The molecule has 1 N–H and O–H groups in total. The Labute approximate surface area is 179 Å². The number of benzene rings is 3. The van der Waals surface area contributed by atoms with E-state index in [1.54, 1.807) is 13.2 Å². The molecular formula is C24H18ClN3O2. The minimum atomic E-state index is 0.338. The first-order chi connectivity index (χ1) is 14.7. The second kappa shape index (κ2) is 8.73. The molecule has 0 aliphatic rings. The van der Waals surface area contributed by atoms with Gasteiger partial charge in [0.15, 0.2) is 11.5 Å². The van der Waals surface area contributed by atoms with Crippen LogP contribution in [0.2, 0.25) is 5.02 Å². The lowest BCUT2D eigenvalue weighted by Crippen LogP contribution is -1.99. The highest BCUT2D eigenvalue weighted by Gasteiger charge is 2.13. The number of nitrogens with one attached hydrogen (secondary N) is 1. The summed E-state index contributed by atoms with van der Waals surface area (Å²) in [5.74, 6) is 1.64. The van der Waals surface area contributed by atoms with Crippen molar-refractivity contribution in [1.29, 1.82) is 5.26 Å². The molecule has 0 unspecified atom stereocenters. The molecule has 0 aliphatic heterocycles. The van der Waals surface area contributed by atoms with E-state index in [-0.39, 0.29) is 0 Å². The summed E-state index contributed by atoms with van der Waals surface area (Å²) in [4.78, 5) is 7.71. The first kappa shape index (κ1) is 19.6. The number of hydrogen-bond donors (Lipinski definition) is 1. The first-order valence-corrected chi connectivity index (χ1v) is 9.67. The van der Waals surface area contributed by atoms with E-state index in [0.29, 0.717) is 34.5 Å². The molecular weight excluding hydrogens is 398 g/mol. The van der Waals surface area contributed by atoms with Crippen LogP contribution in [-0.2, 0) is 6.61 Å². The maximum atomic E-state index is 9.75. The fourth-order valence-corrected chi connectivity index (χ4v) is 3.21. The smallest absolute Gasteiger partial charge is 0.168 e. The van der Waals surface area contributed by atoms with Gasteiger partial charge in [0.2, 0.25) is 0 Å². The Balaban J connectivity index is 1.70. The zero-order valence-corrected chi connectivity index (χ0v) is 17.0. The van der Waals surface area contributed by atoms with E-state index < -0.39 is 0 Å². The van der Waals surface area contributed by atoms with Gasteiger partial charge in [0.1, 0.15) is 18.5 Å². The number of aromatic amines is 1. The highest BCUT2D eigenvalue weighted by atomic mass is 35.5. The van der Waals surface area contributed by atoms with Crippen LogP contribution in [0.4, 0.5) is 0 Å². The molecule has 148 valence electrons. The third kappa shape index (κ3) is 4.14. The molecule has 0 atom stereocenters. The number of fused-ring (bicyclic) bond motifs is 1. The Morgan fingerprint density at radius 2 is 1.90 bits per heavy atom. The standard InChI is InChI=1S/C24H18ClN3O2/c1-29-22-8-4-5-17(23(22)30-15-16-9-11-19(25)12-10-16)13-18(14-26)24-27-20-6-2-3-7-21(20)28-24/h2-13H,15H2,1H3,(H,27,28). The fourth-order valence-electron chi connectivity index (χ4n) is 3.09. The number of ether oxygens (including phenoxy) is 2. The average molecular weight is 416 g/mol. The number of rotatable bonds is 6. The molecule has 0 bridgehead atoms. The molecule has 0 fully saturated rings. The molecule has 30 heavy (non-hydrogen) atoms. The number of para-hydroxylation sites is 3. The normalized spacial score (nSPS) is 11.3. The van der Waals surface area contributed by atoms with Gasteiger partial charge in [-0.15, -0.1) is 0 Å². The zero-order valence-electron chi connectivity index (χ0n) is 16.2. The zero-order chi connectivity index (χ0) is 20.9. The first-order valence-electron chi connectivity index (χ1n) is 9.29. The molecule has 0 spiro atoms. The van der Waals surface area contributed by atoms with Crippen molar-refractivity contribution >= 4 is 34.3 Å². The minimum absolute atomic E-state index is 0.338. The number of nitriles is 1. The molecule has 3 aromatic carbocycles. The number of halogens is 1. The lowest BCUT2D eigenvalue weighted by atomic mass is 10.1. The van der Waals surface area contributed by atoms with Crippen LogP contribution in [0.5, 0.6) is 11.5 Å². The number of methoxy groups -OCH3 is 1. The Bertz CT molecular complexity index is 1220. The van der Waals surface area contributed by atoms with Crippen molar-refractivity contribution in [3.63, 3.8) is 0 Å². The van der Waals surface area contributed by atoms with E-state index in [0.717, 1.165) is 22.2 Å². The van der Waals surface area contributed by atoms with Gasteiger partial charge in [0, 0.05) is 10.6 Å². The molecule has 0 saturated carbocycles. The van der Waals surface area contributed by atoms with Gasteiger partial charge >= 0.3 is 0 Å². The summed E-state index contributed by atoms with van der Waals surface area (Å²) in [5.41, 5.74) is 3.77. The van der Waals surface area contributed by atoms with E-state index in [4.69, 9.17) is 21.1 Å². The molecule has 1 heterocycles. The monoisotopic (exact) mass is 415 g/mol. The lowest BCUT2D eigenvalue weighted by Gasteiger charge is -2.14. The van der Waals surface area contributed by atoms with E-state index in [1.807, 2.05) is 66.7 Å². The van der Waals surface area contributed by atoms with Crippen molar-refractivity contribution in [3.05, 3.63) is 88.7 Å². The van der Waals surface area contributed by atoms with Crippen LogP contribution in [0.3, 0.4) is 0 Å². The van der Waals surface area contributed by atoms with Crippen LogP contribution in [-0.4, -0.2) is 17.1 Å². The number of allylic oxidation sites excluding steroid dienone is 1. The minimum Gasteiger partial charge on any atom is -0.493 e. The number of hydrogen-bond acceptors (Lipinski definition) is 4. The molecule has 0 amide bonds. The molecule has 4 aromatic rings. The van der Waals surface area contributed by atoms with E-state index in [1.165, 1.54) is 0 Å². The fraction of sp³-hybridized carbons (Fsp3) is 0.0833. The predicted molar refractivity (Wildman–Crippen MR) is 118 cm³/mol. The van der Waals surface area contributed by atoms with Crippen molar-refractivity contribution < 1.29 is 9.47 Å². The van der Waals surface area contributed by atoms with Gasteiger partial charge in [0.05, 0.1) is 23.7 Å².